The molecule has 0 aliphatic rings. The fourth-order valence-electron chi connectivity index (χ4n) is 1.31. The summed E-state index contributed by atoms with van der Waals surface area (Å²) in [6, 6.07) is 1.01. The van der Waals surface area contributed by atoms with Gasteiger partial charge in [-0.2, -0.15) is 0 Å². The summed E-state index contributed by atoms with van der Waals surface area (Å²) >= 11 is 3.23. The van der Waals surface area contributed by atoms with Gasteiger partial charge < -0.3 is 15.4 Å². The predicted molar refractivity (Wildman–Crippen MR) is 73.8 cm³/mol. The third kappa shape index (κ3) is 5.35. The second-order valence-electron chi connectivity index (χ2n) is 3.87. The van der Waals surface area contributed by atoms with Gasteiger partial charge in [0, 0.05) is 30.5 Å². The molecule has 19 heavy (non-hydrogen) atoms. The first-order valence-electron chi connectivity index (χ1n) is 5.72. The lowest BCUT2D eigenvalue weighted by molar-refractivity contribution is -0.122. The molecule has 0 bridgehead atoms. The second kappa shape index (κ2) is 7.85. The average Bonchev–Trinajstić information content (AvgIpc) is 2.38. The van der Waals surface area contributed by atoms with Crippen LogP contribution in [0.5, 0.6) is 0 Å². The summed E-state index contributed by atoms with van der Waals surface area (Å²) in [4.78, 5) is 27.4. The zero-order valence-corrected chi connectivity index (χ0v) is 12.4. The SMILES string of the molecule is COCCNC(=O)C(C)NC(=O)c1cncc(Br)c1. The summed E-state index contributed by atoms with van der Waals surface area (Å²) in [5.74, 6) is -0.600. The summed E-state index contributed by atoms with van der Waals surface area (Å²) < 4.78 is 5.53. The molecule has 104 valence electrons. The van der Waals surface area contributed by atoms with Gasteiger partial charge in [0.2, 0.25) is 5.91 Å². The fourth-order valence-corrected chi connectivity index (χ4v) is 1.68. The average molecular weight is 330 g/mol. The Balaban J connectivity index is 2.49. The van der Waals surface area contributed by atoms with E-state index in [2.05, 4.69) is 31.5 Å². The van der Waals surface area contributed by atoms with Crippen molar-refractivity contribution in [2.45, 2.75) is 13.0 Å². The molecule has 0 saturated carbocycles. The standard InChI is InChI=1S/C12H16BrN3O3/c1-8(11(17)15-3-4-19-2)16-12(18)9-5-10(13)7-14-6-9/h5-8H,3-4H2,1-2H3,(H,15,17)(H,16,18). The number of aromatic nitrogens is 1. The zero-order valence-electron chi connectivity index (χ0n) is 10.8. The first kappa shape index (κ1) is 15.6. The minimum Gasteiger partial charge on any atom is -0.383 e. The van der Waals surface area contributed by atoms with E-state index in [9.17, 15) is 9.59 Å². The largest absolute Gasteiger partial charge is 0.383 e. The quantitative estimate of drug-likeness (QED) is 0.754. The molecule has 0 saturated heterocycles. The van der Waals surface area contributed by atoms with Crippen molar-refractivity contribution in [2.75, 3.05) is 20.3 Å². The number of halogens is 1. The van der Waals surface area contributed by atoms with E-state index >= 15 is 0 Å². The maximum atomic E-state index is 11.9. The molecule has 1 aromatic heterocycles. The van der Waals surface area contributed by atoms with E-state index in [4.69, 9.17) is 4.74 Å². The Morgan fingerprint density at radius 2 is 2.21 bits per heavy atom. The Hall–Kier alpha value is -1.47. The van der Waals surface area contributed by atoms with Gasteiger partial charge in [0.05, 0.1) is 12.2 Å². The van der Waals surface area contributed by atoms with Crippen LogP contribution in [0.25, 0.3) is 0 Å². The molecule has 0 aliphatic carbocycles. The number of carbonyl (C=O) groups is 2. The smallest absolute Gasteiger partial charge is 0.253 e. The number of nitrogens with one attached hydrogen (secondary N) is 2. The minimum absolute atomic E-state index is 0.256. The summed E-state index contributed by atoms with van der Waals surface area (Å²) in [5.41, 5.74) is 0.394. The molecule has 2 amide bonds. The van der Waals surface area contributed by atoms with Gasteiger partial charge >= 0.3 is 0 Å². The molecule has 1 atom stereocenters. The zero-order chi connectivity index (χ0) is 14.3. The van der Waals surface area contributed by atoms with Crippen LogP contribution in [0.2, 0.25) is 0 Å². The van der Waals surface area contributed by atoms with Crippen molar-refractivity contribution >= 4 is 27.7 Å². The molecule has 1 rings (SSSR count). The van der Waals surface area contributed by atoms with Crippen LogP contribution in [0, 0.1) is 0 Å². The third-order valence-corrected chi connectivity index (χ3v) is 2.75. The van der Waals surface area contributed by atoms with Crippen molar-refractivity contribution in [1.29, 1.82) is 0 Å². The van der Waals surface area contributed by atoms with Gasteiger partial charge in [-0.1, -0.05) is 0 Å². The molecule has 0 aliphatic heterocycles. The Morgan fingerprint density at radius 3 is 2.84 bits per heavy atom. The molecule has 1 aromatic rings. The van der Waals surface area contributed by atoms with Crippen LogP contribution in [0.3, 0.4) is 0 Å². The highest BCUT2D eigenvalue weighted by atomic mass is 79.9. The van der Waals surface area contributed by atoms with Gasteiger partial charge in [0.15, 0.2) is 0 Å². The number of hydrogen-bond donors (Lipinski definition) is 2. The topological polar surface area (TPSA) is 80.3 Å². The fraction of sp³-hybridized carbons (Fsp3) is 0.417. The number of ether oxygens (including phenoxy) is 1. The normalized spacial score (nSPS) is 11.7. The van der Waals surface area contributed by atoms with Crippen LogP contribution in [0.4, 0.5) is 0 Å². The van der Waals surface area contributed by atoms with Crippen molar-refractivity contribution in [3.05, 3.63) is 28.5 Å². The van der Waals surface area contributed by atoms with Gasteiger partial charge in [0.1, 0.15) is 6.04 Å². The second-order valence-corrected chi connectivity index (χ2v) is 4.79. The molecule has 0 spiro atoms. The Bertz CT molecular complexity index is 454. The summed E-state index contributed by atoms with van der Waals surface area (Å²) in [7, 11) is 1.55. The monoisotopic (exact) mass is 329 g/mol. The number of carbonyl (C=O) groups excluding carboxylic acids is 2. The number of hydrogen-bond acceptors (Lipinski definition) is 4. The molecule has 7 heteroatoms. The van der Waals surface area contributed by atoms with Gasteiger partial charge in [-0.15, -0.1) is 0 Å². The first-order chi connectivity index (χ1) is 9.04. The molecule has 0 aromatic carbocycles. The maximum Gasteiger partial charge on any atom is 0.253 e. The van der Waals surface area contributed by atoms with E-state index in [0.29, 0.717) is 23.2 Å². The molecule has 1 unspecified atom stereocenters. The summed E-state index contributed by atoms with van der Waals surface area (Å²) in [5, 5.41) is 5.25. The lowest BCUT2D eigenvalue weighted by atomic mass is 10.2. The summed E-state index contributed by atoms with van der Waals surface area (Å²) in [6.07, 6.45) is 3.02. The van der Waals surface area contributed by atoms with Crippen molar-refractivity contribution in [3.8, 4) is 0 Å². The molecule has 2 N–H and O–H groups in total. The lowest BCUT2D eigenvalue weighted by Crippen LogP contribution is -2.45. The highest BCUT2D eigenvalue weighted by molar-refractivity contribution is 9.10. The molecule has 6 nitrogen and oxygen atoms in total. The van der Waals surface area contributed by atoms with Crippen molar-refractivity contribution < 1.29 is 14.3 Å². The highest BCUT2D eigenvalue weighted by Gasteiger charge is 2.16. The van der Waals surface area contributed by atoms with Crippen LogP contribution < -0.4 is 10.6 Å². The first-order valence-corrected chi connectivity index (χ1v) is 6.52. The Labute approximate surface area is 120 Å². The van der Waals surface area contributed by atoms with Gasteiger partial charge in [-0.05, 0) is 28.9 Å². The number of nitrogens with zero attached hydrogens (tertiary/aromatic N) is 1. The van der Waals surface area contributed by atoms with Gasteiger partial charge in [0.25, 0.3) is 5.91 Å². The van der Waals surface area contributed by atoms with Crippen LogP contribution in [-0.2, 0) is 9.53 Å². The molecular formula is C12H16BrN3O3. The van der Waals surface area contributed by atoms with Crippen LogP contribution >= 0.6 is 15.9 Å². The van der Waals surface area contributed by atoms with E-state index in [1.54, 1.807) is 26.3 Å². The Morgan fingerprint density at radius 1 is 1.47 bits per heavy atom. The summed E-state index contributed by atoms with van der Waals surface area (Å²) in [6.45, 7) is 2.46. The molecule has 0 radical (unpaired) electrons. The maximum absolute atomic E-state index is 11.9. The van der Waals surface area contributed by atoms with Crippen molar-refractivity contribution in [3.63, 3.8) is 0 Å². The molecular weight excluding hydrogens is 314 g/mol. The van der Waals surface area contributed by atoms with E-state index in [1.807, 2.05) is 0 Å². The molecule has 1 heterocycles. The number of methoxy groups -OCH3 is 1. The Kier molecular flexibility index (Phi) is 6.44. The van der Waals surface area contributed by atoms with E-state index in [0.717, 1.165) is 0 Å². The number of pyridine rings is 1. The van der Waals surface area contributed by atoms with E-state index in [1.165, 1.54) is 6.20 Å². The van der Waals surface area contributed by atoms with Crippen molar-refractivity contribution in [2.24, 2.45) is 0 Å². The van der Waals surface area contributed by atoms with Gasteiger partial charge in [-0.25, -0.2) is 0 Å². The van der Waals surface area contributed by atoms with Crippen LogP contribution in [0.1, 0.15) is 17.3 Å². The third-order valence-electron chi connectivity index (χ3n) is 2.31. The van der Waals surface area contributed by atoms with E-state index < -0.39 is 6.04 Å². The lowest BCUT2D eigenvalue weighted by Gasteiger charge is -2.13. The number of rotatable bonds is 6. The van der Waals surface area contributed by atoms with Crippen LogP contribution in [-0.4, -0.2) is 43.1 Å². The van der Waals surface area contributed by atoms with Crippen LogP contribution in [0.15, 0.2) is 22.9 Å². The molecule has 0 fully saturated rings. The van der Waals surface area contributed by atoms with Crippen molar-refractivity contribution in [1.82, 2.24) is 15.6 Å². The van der Waals surface area contributed by atoms with E-state index in [-0.39, 0.29) is 11.8 Å². The number of amides is 2. The minimum atomic E-state index is -0.622. The highest BCUT2D eigenvalue weighted by Crippen LogP contribution is 2.09. The predicted octanol–water partition coefficient (Wildman–Crippen LogP) is 0.725. The van der Waals surface area contributed by atoms with Gasteiger partial charge in [-0.3, -0.25) is 14.6 Å².